The molecule has 19 heavy (non-hydrogen) atoms. The summed E-state index contributed by atoms with van der Waals surface area (Å²) >= 11 is 0. The van der Waals surface area contributed by atoms with Crippen LogP contribution < -0.4 is 4.74 Å². The summed E-state index contributed by atoms with van der Waals surface area (Å²) in [6, 6.07) is 6.10. The van der Waals surface area contributed by atoms with Gasteiger partial charge in [0, 0.05) is 17.0 Å². The second kappa shape index (κ2) is 4.75. The van der Waals surface area contributed by atoms with E-state index in [4.69, 9.17) is 5.11 Å². The third-order valence-corrected chi connectivity index (χ3v) is 2.36. The molecule has 0 amide bonds. The zero-order valence-corrected chi connectivity index (χ0v) is 9.44. The fourth-order valence-corrected chi connectivity index (χ4v) is 1.60. The molecule has 4 nitrogen and oxygen atoms in total. The highest BCUT2D eigenvalue weighted by Crippen LogP contribution is 2.27. The monoisotopic (exact) mass is 271 g/mol. The Labute approximate surface area is 105 Å². The number of hydrogen-bond acceptors (Lipinski definition) is 3. The molecule has 7 heteroatoms. The van der Waals surface area contributed by atoms with Gasteiger partial charge in [-0.2, -0.15) is 13.2 Å². The Bertz CT molecular complexity index is 625. The van der Waals surface area contributed by atoms with Crippen LogP contribution in [-0.4, -0.2) is 28.8 Å². The Hall–Kier alpha value is -2.31. The first-order valence-electron chi connectivity index (χ1n) is 5.19. The number of ether oxygens (including phenoxy) is 1. The van der Waals surface area contributed by atoms with E-state index in [1.54, 1.807) is 12.1 Å². The normalized spacial score (nSPS) is 11.5. The summed E-state index contributed by atoms with van der Waals surface area (Å²) in [7, 11) is 0. The van der Waals surface area contributed by atoms with Gasteiger partial charge in [-0.05, 0) is 6.07 Å². The molecule has 0 spiro atoms. The molecule has 1 aromatic heterocycles. The summed E-state index contributed by atoms with van der Waals surface area (Å²) in [5.41, 5.74) is -0.0880. The third kappa shape index (κ3) is 2.93. The van der Waals surface area contributed by atoms with Gasteiger partial charge >= 0.3 is 12.1 Å². The zero-order valence-electron chi connectivity index (χ0n) is 9.44. The van der Waals surface area contributed by atoms with E-state index >= 15 is 0 Å². The Kier molecular flexibility index (Phi) is 3.28. The van der Waals surface area contributed by atoms with Crippen molar-refractivity contribution in [1.29, 1.82) is 0 Å². The first-order valence-corrected chi connectivity index (χ1v) is 5.19. The van der Waals surface area contributed by atoms with Crippen molar-refractivity contribution in [1.82, 2.24) is 4.98 Å². The number of aromatic carboxylic acids is 1. The smallest absolute Gasteiger partial charge is 0.422 e. The van der Waals surface area contributed by atoms with Gasteiger partial charge in [0.05, 0.1) is 5.56 Å². The number of nitrogens with zero attached hydrogens (tertiary/aromatic N) is 1. The van der Waals surface area contributed by atoms with Gasteiger partial charge in [0.2, 0.25) is 5.88 Å². The molecule has 0 bridgehead atoms. The maximum Gasteiger partial charge on any atom is 0.422 e. The second-order valence-electron chi connectivity index (χ2n) is 3.73. The number of hydrogen-bond donors (Lipinski definition) is 1. The average Bonchev–Trinajstić information content (AvgIpc) is 2.34. The van der Waals surface area contributed by atoms with Crippen molar-refractivity contribution >= 4 is 16.7 Å². The van der Waals surface area contributed by atoms with Crippen LogP contribution in [0.1, 0.15) is 10.4 Å². The third-order valence-electron chi connectivity index (χ3n) is 2.36. The van der Waals surface area contributed by atoms with Crippen molar-refractivity contribution in [2.24, 2.45) is 0 Å². The summed E-state index contributed by atoms with van der Waals surface area (Å²) in [4.78, 5) is 14.6. The van der Waals surface area contributed by atoms with Crippen molar-refractivity contribution in [3.8, 4) is 5.88 Å². The lowest BCUT2D eigenvalue weighted by Gasteiger charge is -2.11. The molecule has 2 aromatic rings. The van der Waals surface area contributed by atoms with E-state index < -0.39 is 18.8 Å². The molecule has 0 fully saturated rings. The molecule has 0 radical (unpaired) electrons. The van der Waals surface area contributed by atoms with Gasteiger partial charge in [0.25, 0.3) is 0 Å². The highest BCUT2D eigenvalue weighted by Gasteiger charge is 2.29. The lowest BCUT2D eigenvalue weighted by molar-refractivity contribution is -0.153. The molecule has 0 aliphatic carbocycles. The number of halogens is 3. The maximum atomic E-state index is 12.1. The Morgan fingerprint density at radius 3 is 2.47 bits per heavy atom. The highest BCUT2D eigenvalue weighted by molar-refractivity contribution is 6.04. The minimum Gasteiger partial charge on any atom is -0.478 e. The first-order chi connectivity index (χ1) is 8.88. The van der Waals surface area contributed by atoms with Crippen LogP contribution in [0.4, 0.5) is 13.2 Å². The van der Waals surface area contributed by atoms with Crippen LogP contribution in [0.15, 0.2) is 30.5 Å². The largest absolute Gasteiger partial charge is 0.478 e. The highest BCUT2D eigenvalue weighted by atomic mass is 19.4. The van der Waals surface area contributed by atoms with E-state index in [1.165, 1.54) is 12.1 Å². The predicted molar refractivity (Wildman–Crippen MR) is 60.3 cm³/mol. The molecular formula is C12H8F3NO3. The summed E-state index contributed by atoms with van der Waals surface area (Å²) in [6.07, 6.45) is -3.50. The van der Waals surface area contributed by atoms with Crippen molar-refractivity contribution in [2.45, 2.75) is 6.18 Å². The van der Waals surface area contributed by atoms with E-state index in [1.807, 2.05) is 0 Å². The van der Waals surface area contributed by atoms with E-state index in [-0.39, 0.29) is 22.2 Å². The first kappa shape index (κ1) is 13.1. The SMILES string of the molecule is O=C(O)c1cnc(OCC(F)(F)F)c2ccccc12. The molecule has 0 atom stereocenters. The molecule has 100 valence electrons. The standard InChI is InChI=1S/C12H8F3NO3/c13-12(14,15)6-19-10-8-4-2-1-3-7(8)9(5-16-10)11(17)18/h1-5H,6H2,(H,17,18). The number of carboxylic acids is 1. The molecule has 2 rings (SSSR count). The molecule has 0 saturated heterocycles. The molecule has 1 aromatic carbocycles. The number of fused-ring (bicyclic) bond motifs is 1. The molecule has 0 aliphatic rings. The molecule has 0 unspecified atom stereocenters. The van der Waals surface area contributed by atoms with Gasteiger partial charge < -0.3 is 9.84 Å². The number of alkyl halides is 3. The van der Waals surface area contributed by atoms with Crippen molar-refractivity contribution in [3.63, 3.8) is 0 Å². The quantitative estimate of drug-likeness (QED) is 0.932. The summed E-state index contributed by atoms with van der Waals surface area (Å²) < 4.78 is 40.9. The van der Waals surface area contributed by atoms with E-state index in [0.29, 0.717) is 0 Å². The summed E-state index contributed by atoms with van der Waals surface area (Å²) in [5.74, 6) is -1.44. The topological polar surface area (TPSA) is 59.4 Å². The van der Waals surface area contributed by atoms with Gasteiger partial charge in [-0.25, -0.2) is 9.78 Å². The van der Waals surface area contributed by atoms with Crippen LogP contribution in [0, 0.1) is 0 Å². The van der Waals surface area contributed by atoms with Crippen LogP contribution in [0.5, 0.6) is 5.88 Å². The minimum absolute atomic E-state index is 0.0880. The van der Waals surface area contributed by atoms with E-state index in [2.05, 4.69) is 9.72 Å². The second-order valence-corrected chi connectivity index (χ2v) is 3.73. The lowest BCUT2D eigenvalue weighted by Crippen LogP contribution is -2.19. The van der Waals surface area contributed by atoms with E-state index in [9.17, 15) is 18.0 Å². The summed E-state index contributed by atoms with van der Waals surface area (Å²) in [5, 5.41) is 9.48. The average molecular weight is 271 g/mol. The maximum absolute atomic E-state index is 12.1. The van der Waals surface area contributed by atoms with Crippen LogP contribution in [0.2, 0.25) is 0 Å². The van der Waals surface area contributed by atoms with Crippen LogP contribution in [0.3, 0.4) is 0 Å². The predicted octanol–water partition coefficient (Wildman–Crippen LogP) is 2.87. The van der Waals surface area contributed by atoms with Crippen LogP contribution >= 0.6 is 0 Å². The zero-order chi connectivity index (χ0) is 14.0. The van der Waals surface area contributed by atoms with Crippen molar-refractivity contribution in [2.75, 3.05) is 6.61 Å². The molecule has 1 N–H and O–H groups in total. The Morgan fingerprint density at radius 2 is 1.89 bits per heavy atom. The lowest BCUT2D eigenvalue weighted by atomic mass is 10.1. The Morgan fingerprint density at radius 1 is 1.26 bits per heavy atom. The number of pyridine rings is 1. The minimum atomic E-state index is -4.48. The molecule has 1 heterocycles. The summed E-state index contributed by atoms with van der Waals surface area (Å²) in [6.45, 7) is -1.48. The van der Waals surface area contributed by atoms with Crippen molar-refractivity contribution < 1.29 is 27.8 Å². The molecule has 0 aliphatic heterocycles. The molecular weight excluding hydrogens is 263 g/mol. The van der Waals surface area contributed by atoms with Gasteiger partial charge in [-0.1, -0.05) is 18.2 Å². The Balaban J connectivity index is 2.47. The van der Waals surface area contributed by atoms with Crippen molar-refractivity contribution in [3.05, 3.63) is 36.0 Å². The fraction of sp³-hybridized carbons (Fsp3) is 0.167. The van der Waals surface area contributed by atoms with Gasteiger partial charge in [-0.15, -0.1) is 0 Å². The number of rotatable bonds is 3. The fourth-order valence-electron chi connectivity index (χ4n) is 1.60. The van der Waals surface area contributed by atoms with E-state index in [0.717, 1.165) is 6.20 Å². The van der Waals surface area contributed by atoms with Crippen LogP contribution in [0.25, 0.3) is 10.8 Å². The number of carbonyl (C=O) groups is 1. The number of benzene rings is 1. The molecule has 0 saturated carbocycles. The van der Waals surface area contributed by atoms with Gasteiger partial charge in [0.1, 0.15) is 0 Å². The van der Waals surface area contributed by atoms with Crippen LogP contribution in [-0.2, 0) is 0 Å². The van der Waals surface area contributed by atoms with Gasteiger partial charge in [0.15, 0.2) is 6.61 Å². The van der Waals surface area contributed by atoms with Gasteiger partial charge in [-0.3, -0.25) is 0 Å². The number of carboxylic acid groups (broad SMARTS) is 1. The number of aromatic nitrogens is 1.